The van der Waals surface area contributed by atoms with Crippen LogP contribution in [-0.4, -0.2) is 30.1 Å². The summed E-state index contributed by atoms with van der Waals surface area (Å²) in [4.78, 5) is 2.14. The van der Waals surface area contributed by atoms with E-state index in [1.54, 1.807) is 0 Å². The van der Waals surface area contributed by atoms with E-state index in [0.717, 1.165) is 29.5 Å². The van der Waals surface area contributed by atoms with Crippen LogP contribution in [0.3, 0.4) is 0 Å². The summed E-state index contributed by atoms with van der Waals surface area (Å²) in [7, 11) is 4.09. The van der Waals surface area contributed by atoms with Crippen molar-refractivity contribution in [1.82, 2.24) is 4.90 Å². The molecule has 3 atom stereocenters. The summed E-state index contributed by atoms with van der Waals surface area (Å²) in [6.45, 7) is 2.21. The topological polar surface area (TPSA) is 23.5 Å². The van der Waals surface area contributed by atoms with Crippen LogP contribution in [-0.2, 0) is 5.60 Å². The van der Waals surface area contributed by atoms with Gasteiger partial charge in [-0.15, -0.1) is 0 Å². The van der Waals surface area contributed by atoms with Crippen molar-refractivity contribution >= 4 is 17.7 Å². The van der Waals surface area contributed by atoms with Gasteiger partial charge in [0, 0.05) is 11.1 Å². The fraction of sp³-hybridized carbons (Fsp3) is 0.364. The monoisotopic (exact) mass is 355 g/mol. The van der Waals surface area contributed by atoms with Crippen LogP contribution in [0.4, 0.5) is 0 Å². The Bertz CT molecular complexity index is 738. The summed E-state index contributed by atoms with van der Waals surface area (Å²) in [5.74, 6) is 0.317. The quantitative estimate of drug-likeness (QED) is 0.840. The zero-order chi connectivity index (χ0) is 18.0. The summed E-state index contributed by atoms with van der Waals surface area (Å²) in [6.07, 6.45) is 4.19. The molecule has 3 heteroatoms. The van der Waals surface area contributed by atoms with Crippen LogP contribution in [0, 0.1) is 5.92 Å². The van der Waals surface area contributed by atoms with E-state index in [-0.39, 0.29) is 6.04 Å². The molecule has 0 amide bonds. The molecule has 25 heavy (non-hydrogen) atoms. The maximum atomic E-state index is 12.0. The van der Waals surface area contributed by atoms with Gasteiger partial charge in [-0.1, -0.05) is 67.1 Å². The molecule has 0 aromatic heterocycles. The van der Waals surface area contributed by atoms with Gasteiger partial charge < -0.3 is 10.0 Å². The van der Waals surface area contributed by atoms with E-state index in [1.165, 1.54) is 0 Å². The molecule has 1 N–H and O–H groups in total. The Morgan fingerprint density at radius 3 is 2.28 bits per heavy atom. The molecule has 0 saturated heterocycles. The molecule has 1 aliphatic carbocycles. The van der Waals surface area contributed by atoms with Gasteiger partial charge in [0.25, 0.3) is 0 Å². The van der Waals surface area contributed by atoms with Crippen molar-refractivity contribution in [1.29, 1.82) is 0 Å². The highest BCUT2D eigenvalue weighted by Crippen LogP contribution is 2.47. The van der Waals surface area contributed by atoms with Crippen LogP contribution in [0.5, 0.6) is 0 Å². The molecular weight excluding hydrogens is 330 g/mol. The zero-order valence-corrected chi connectivity index (χ0v) is 15.9. The highest BCUT2D eigenvalue weighted by molar-refractivity contribution is 6.30. The number of hydrogen-bond acceptors (Lipinski definition) is 2. The molecule has 1 aliphatic rings. The van der Waals surface area contributed by atoms with Crippen LogP contribution in [0.2, 0.25) is 5.02 Å². The molecule has 2 nitrogen and oxygen atoms in total. The number of aliphatic hydroxyl groups is 1. The average molecular weight is 356 g/mol. The fourth-order valence-electron chi connectivity index (χ4n) is 4.02. The first-order valence-corrected chi connectivity index (χ1v) is 9.22. The first-order valence-electron chi connectivity index (χ1n) is 8.85. The molecule has 0 bridgehead atoms. The minimum Gasteiger partial charge on any atom is -0.379 e. The van der Waals surface area contributed by atoms with E-state index in [2.05, 4.69) is 30.0 Å². The molecule has 1 fully saturated rings. The summed E-state index contributed by atoms with van der Waals surface area (Å²) in [5.41, 5.74) is 2.08. The molecular formula is C22H26ClNO. The summed E-state index contributed by atoms with van der Waals surface area (Å²) >= 11 is 6.08. The van der Waals surface area contributed by atoms with Crippen molar-refractivity contribution in [2.45, 2.75) is 31.4 Å². The van der Waals surface area contributed by atoms with Crippen molar-refractivity contribution in [3.8, 4) is 0 Å². The normalized spacial score (nSPS) is 28.5. The molecule has 2 aromatic rings. The molecule has 3 rings (SSSR count). The Balaban J connectivity index is 2.17. The number of nitrogens with zero attached hydrogens (tertiary/aromatic N) is 1. The Morgan fingerprint density at radius 2 is 1.68 bits per heavy atom. The Hall–Kier alpha value is -1.61. The Labute approximate surface area is 155 Å². The smallest absolute Gasteiger partial charge is 0.127 e. The largest absolute Gasteiger partial charge is 0.379 e. The summed E-state index contributed by atoms with van der Waals surface area (Å²) in [6, 6.07) is 17.9. The van der Waals surface area contributed by atoms with Crippen LogP contribution in [0.1, 0.15) is 30.9 Å². The molecule has 0 spiro atoms. The van der Waals surface area contributed by atoms with Crippen LogP contribution in [0.15, 0.2) is 60.2 Å². The SMILES string of the molecule is CC1CCC(N(C)C)C(O)(c2ccc(Cl)cc2)C1=Cc1ccccc1. The van der Waals surface area contributed by atoms with Crippen LogP contribution in [0.25, 0.3) is 6.08 Å². The Morgan fingerprint density at radius 1 is 1.04 bits per heavy atom. The minimum atomic E-state index is -1.03. The number of benzene rings is 2. The van der Waals surface area contributed by atoms with Crippen LogP contribution >= 0.6 is 11.6 Å². The molecule has 2 aromatic carbocycles. The lowest BCUT2D eigenvalue weighted by atomic mass is 9.67. The number of halogens is 1. The van der Waals surface area contributed by atoms with Gasteiger partial charge in [-0.2, -0.15) is 0 Å². The molecule has 0 heterocycles. The van der Waals surface area contributed by atoms with Gasteiger partial charge in [0.2, 0.25) is 0 Å². The van der Waals surface area contributed by atoms with E-state index in [4.69, 9.17) is 11.6 Å². The van der Waals surface area contributed by atoms with E-state index in [0.29, 0.717) is 10.9 Å². The first kappa shape index (κ1) is 18.2. The van der Waals surface area contributed by atoms with Gasteiger partial charge >= 0.3 is 0 Å². The van der Waals surface area contributed by atoms with E-state index >= 15 is 0 Å². The third kappa shape index (κ3) is 3.52. The number of hydrogen-bond donors (Lipinski definition) is 1. The lowest BCUT2D eigenvalue weighted by molar-refractivity contribution is -0.0336. The molecule has 3 unspecified atom stereocenters. The third-order valence-corrected chi connectivity index (χ3v) is 5.61. The molecule has 0 aliphatic heterocycles. The molecule has 1 saturated carbocycles. The van der Waals surface area contributed by atoms with E-state index in [1.807, 2.05) is 56.6 Å². The van der Waals surface area contributed by atoms with Crippen LogP contribution < -0.4 is 0 Å². The number of likely N-dealkylation sites (N-methyl/N-ethyl adjacent to an activating group) is 1. The van der Waals surface area contributed by atoms with E-state index in [9.17, 15) is 5.11 Å². The zero-order valence-electron chi connectivity index (χ0n) is 15.1. The van der Waals surface area contributed by atoms with Crippen molar-refractivity contribution < 1.29 is 5.11 Å². The second kappa shape index (κ2) is 7.33. The molecule has 0 radical (unpaired) electrons. The second-order valence-electron chi connectivity index (χ2n) is 7.24. The van der Waals surface area contributed by atoms with Crippen molar-refractivity contribution in [3.63, 3.8) is 0 Å². The highest BCUT2D eigenvalue weighted by atomic mass is 35.5. The lowest BCUT2D eigenvalue weighted by Crippen LogP contribution is -2.53. The van der Waals surface area contributed by atoms with Gasteiger partial charge in [-0.25, -0.2) is 0 Å². The lowest BCUT2D eigenvalue weighted by Gasteiger charge is -2.48. The fourth-order valence-corrected chi connectivity index (χ4v) is 4.14. The van der Waals surface area contributed by atoms with E-state index < -0.39 is 5.60 Å². The van der Waals surface area contributed by atoms with Gasteiger partial charge in [0.15, 0.2) is 0 Å². The predicted molar refractivity (Wildman–Crippen MR) is 106 cm³/mol. The minimum absolute atomic E-state index is 0.0276. The van der Waals surface area contributed by atoms with Gasteiger partial charge in [-0.3, -0.25) is 0 Å². The Kier molecular flexibility index (Phi) is 5.33. The second-order valence-corrected chi connectivity index (χ2v) is 7.68. The van der Waals surface area contributed by atoms with Crippen molar-refractivity contribution in [2.75, 3.05) is 14.1 Å². The summed E-state index contributed by atoms with van der Waals surface area (Å²) in [5, 5.41) is 12.7. The van der Waals surface area contributed by atoms with Crippen molar-refractivity contribution in [3.05, 3.63) is 76.3 Å². The molecule has 132 valence electrons. The van der Waals surface area contributed by atoms with Crippen molar-refractivity contribution in [2.24, 2.45) is 5.92 Å². The predicted octanol–water partition coefficient (Wildman–Crippen LogP) is 4.97. The standard InChI is InChI=1S/C22H26ClNO/c1-16-9-14-21(24(2)3)22(25,18-10-12-19(23)13-11-18)20(16)15-17-7-5-4-6-8-17/h4-8,10-13,15-16,21,25H,9,14H2,1-3H3. The van der Waals surface area contributed by atoms with Gasteiger partial charge in [0.05, 0.1) is 0 Å². The summed E-state index contributed by atoms with van der Waals surface area (Å²) < 4.78 is 0. The number of rotatable bonds is 3. The first-order chi connectivity index (χ1) is 11.9. The average Bonchev–Trinajstić information content (AvgIpc) is 2.59. The third-order valence-electron chi connectivity index (χ3n) is 5.36. The van der Waals surface area contributed by atoms with Gasteiger partial charge in [-0.05, 0) is 61.7 Å². The maximum Gasteiger partial charge on any atom is 0.127 e. The van der Waals surface area contributed by atoms with Gasteiger partial charge in [0.1, 0.15) is 5.60 Å². The maximum absolute atomic E-state index is 12.0. The highest BCUT2D eigenvalue weighted by Gasteiger charge is 2.47.